The molecule has 3 heteroatoms. The van der Waals surface area contributed by atoms with Gasteiger partial charge in [-0.2, -0.15) is 0 Å². The van der Waals surface area contributed by atoms with Crippen LogP contribution in [0.4, 0.5) is 0 Å². The summed E-state index contributed by atoms with van der Waals surface area (Å²) >= 11 is 1.90. The van der Waals surface area contributed by atoms with Crippen LogP contribution in [-0.4, -0.2) is 11.5 Å². The number of hydrogen-bond donors (Lipinski definition) is 1. The Kier molecular flexibility index (Phi) is 4.14. The maximum atomic E-state index is 4.98. The van der Waals surface area contributed by atoms with E-state index in [-0.39, 0.29) is 0 Å². The molecular weight excluding hydrogens is 276 g/mol. The molecular formula is C18H24N2S. The highest BCUT2D eigenvalue weighted by atomic mass is 32.1. The minimum absolute atomic E-state index is 0.510. The predicted molar refractivity (Wildman–Crippen MR) is 91.1 cm³/mol. The summed E-state index contributed by atoms with van der Waals surface area (Å²) in [5.41, 5.74) is 6.69. The van der Waals surface area contributed by atoms with E-state index in [2.05, 4.69) is 45.1 Å². The van der Waals surface area contributed by atoms with Gasteiger partial charge < -0.3 is 5.32 Å². The number of hydrogen-bond acceptors (Lipinski definition) is 3. The summed E-state index contributed by atoms with van der Waals surface area (Å²) in [5.74, 6) is 0. The fourth-order valence-electron chi connectivity index (χ4n) is 3.49. The summed E-state index contributed by atoms with van der Waals surface area (Å²) in [5, 5.41) is 4.82. The van der Waals surface area contributed by atoms with Gasteiger partial charge in [0, 0.05) is 16.5 Å². The third-order valence-corrected chi connectivity index (χ3v) is 5.52. The van der Waals surface area contributed by atoms with Gasteiger partial charge in [-0.25, -0.2) is 4.98 Å². The highest BCUT2D eigenvalue weighted by Crippen LogP contribution is 2.39. The fourth-order valence-corrected chi connectivity index (χ4v) is 4.88. The summed E-state index contributed by atoms with van der Waals surface area (Å²) in [6, 6.07) is 5.05. The molecule has 1 unspecified atom stereocenters. The third-order valence-electron chi connectivity index (χ3n) is 4.29. The van der Waals surface area contributed by atoms with Gasteiger partial charge in [0.05, 0.1) is 5.69 Å². The lowest BCUT2D eigenvalue weighted by Gasteiger charge is -2.21. The van der Waals surface area contributed by atoms with Crippen LogP contribution >= 0.6 is 11.3 Å². The Balaban J connectivity index is 2.06. The first-order valence-electron chi connectivity index (χ1n) is 7.91. The lowest BCUT2D eigenvalue weighted by Crippen LogP contribution is -2.23. The fraction of sp³-hybridized carbons (Fsp3) is 0.500. The van der Waals surface area contributed by atoms with E-state index in [1.165, 1.54) is 50.7 Å². The van der Waals surface area contributed by atoms with Crippen LogP contribution in [0.15, 0.2) is 12.1 Å². The van der Waals surface area contributed by atoms with Crippen LogP contribution in [-0.2, 0) is 6.42 Å². The molecule has 0 aliphatic heterocycles. The Labute approximate surface area is 131 Å². The lowest BCUT2D eigenvalue weighted by molar-refractivity contribution is 0.476. The van der Waals surface area contributed by atoms with Crippen LogP contribution in [0.1, 0.15) is 53.1 Å². The van der Waals surface area contributed by atoms with E-state index >= 15 is 0 Å². The van der Waals surface area contributed by atoms with Crippen LogP contribution in [0.25, 0.3) is 10.6 Å². The largest absolute Gasteiger partial charge is 0.309 e. The van der Waals surface area contributed by atoms with Gasteiger partial charge >= 0.3 is 0 Å². The third kappa shape index (κ3) is 2.77. The van der Waals surface area contributed by atoms with Crippen molar-refractivity contribution >= 4 is 11.3 Å². The number of fused-ring (bicyclic) bond motifs is 1. The highest BCUT2D eigenvalue weighted by Gasteiger charge is 2.25. The zero-order chi connectivity index (χ0) is 15.0. The molecule has 1 atom stereocenters. The molecule has 1 aliphatic carbocycles. The summed E-state index contributed by atoms with van der Waals surface area (Å²) < 4.78 is 0. The van der Waals surface area contributed by atoms with E-state index in [4.69, 9.17) is 4.98 Å². The Morgan fingerprint density at radius 3 is 2.62 bits per heavy atom. The number of nitrogens with zero attached hydrogens (tertiary/aromatic N) is 1. The number of thiazole rings is 1. The van der Waals surface area contributed by atoms with E-state index in [1.807, 2.05) is 11.3 Å². The number of rotatable bonds is 3. The maximum Gasteiger partial charge on any atom is 0.124 e. The average molecular weight is 300 g/mol. The highest BCUT2D eigenvalue weighted by molar-refractivity contribution is 7.15. The summed E-state index contributed by atoms with van der Waals surface area (Å²) in [4.78, 5) is 6.45. The first-order valence-corrected chi connectivity index (χ1v) is 8.73. The molecule has 0 bridgehead atoms. The summed E-state index contributed by atoms with van der Waals surface area (Å²) in [6.45, 7) is 9.79. The van der Waals surface area contributed by atoms with Gasteiger partial charge in [0.2, 0.25) is 0 Å². The molecule has 0 radical (unpaired) electrons. The molecule has 1 aromatic carbocycles. The lowest BCUT2D eigenvalue weighted by atomic mass is 9.98. The molecule has 0 amide bonds. The molecule has 0 spiro atoms. The second kappa shape index (κ2) is 5.90. The molecule has 1 aliphatic rings. The number of aryl methyl sites for hydroxylation is 4. The first-order chi connectivity index (χ1) is 10.1. The quantitative estimate of drug-likeness (QED) is 0.887. The van der Waals surface area contributed by atoms with Crippen LogP contribution in [0.3, 0.4) is 0 Å². The number of benzene rings is 1. The van der Waals surface area contributed by atoms with E-state index < -0.39 is 0 Å². The van der Waals surface area contributed by atoms with E-state index in [0.29, 0.717) is 6.04 Å². The molecule has 0 fully saturated rings. The molecule has 1 heterocycles. The average Bonchev–Trinajstić information content (AvgIpc) is 2.82. The zero-order valence-corrected chi connectivity index (χ0v) is 14.2. The molecule has 0 saturated heterocycles. The normalized spacial score (nSPS) is 17.8. The van der Waals surface area contributed by atoms with Gasteiger partial charge in [-0.15, -0.1) is 11.3 Å². The van der Waals surface area contributed by atoms with Gasteiger partial charge in [-0.1, -0.05) is 24.6 Å². The first kappa shape index (κ1) is 14.7. The Bertz CT molecular complexity index is 634. The van der Waals surface area contributed by atoms with Gasteiger partial charge in [0.1, 0.15) is 5.01 Å². The van der Waals surface area contributed by atoms with Gasteiger partial charge in [0.25, 0.3) is 0 Å². The van der Waals surface area contributed by atoms with Crippen LogP contribution < -0.4 is 5.32 Å². The van der Waals surface area contributed by atoms with Crippen molar-refractivity contribution in [2.75, 3.05) is 6.54 Å². The Hall–Kier alpha value is -1.19. The smallest absolute Gasteiger partial charge is 0.124 e. The van der Waals surface area contributed by atoms with Gasteiger partial charge in [-0.05, 0) is 57.7 Å². The van der Waals surface area contributed by atoms with Crippen molar-refractivity contribution in [3.05, 3.63) is 39.4 Å². The predicted octanol–water partition coefficient (Wildman–Crippen LogP) is 4.72. The standard InChI is InChI=1S/C18H24N2S/c1-5-19-14-7-6-8-15-17(14)21-18(20-15)16-12(3)9-11(2)10-13(16)4/h9-10,14,19H,5-8H2,1-4H3. The van der Waals surface area contributed by atoms with Crippen LogP contribution in [0.5, 0.6) is 0 Å². The van der Waals surface area contributed by atoms with Crippen molar-refractivity contribution in [1.29, 1.82) is 0 Å². The van der Waals surface area contributed by atoms with E-state index in [0.717, 1.165) is 13.0 Å². The Morgan fingerprint density at radius 2 is 1.95 bits per heavy atom. The van der Waals surface area contributed by atoms with Gasteiger partial charge in [-0.3, -0.25) is 0 Å². The second-order valence-corrected chi connectivity index (χ2v) is 7.14. The van der Waals surface area contributed by atoms with Gasteiger partial charge in [0.15, 0.2) is 0 Å². The summed E-state index contributed by atoms with van der Waals surface area (Å²) in [7, 11) is 0. The van der Waals surface area contributed by atoms with Crippen molar-refractivity contribution in [2.45, 2.75) is 53.0 Å². The number of aromatic nitrogens is 1. The molecule has 1 N–H and O–H groups in total. The van der Waals surface area contributed by atoms with Crippen LogP contribution in [0, 0.1) is 20.8 Å². The zero-order valence-electron chi connectivity index (χ0n) is 13.4. The molecule has 3 rings (SSSR count). The molecule has 21 heavy (non-hydrogen) atoms. The minimum atomic E-state index is 0.510. The minimum Gasteiger partial charge on any atom is -0.309 e. The van der Waals surface area contributed by atoms with Crippen molar-refractivity contribution in [3.8, 4) is 10.6 Å². The molecule has 2 nitrogen and oxygen atoms in total. The van der Waals surface area contributed by atoms with Crippen molar-refractivity contribution in [1.82, 2.24) is 10.3 Å². The van der Waals surface area contributed by atoms with Crippen molar-refractivity contribution < 1.29 is 0 Å². The van der Waals surface area contributed by atoms with Crippen molar-refractivity contribution in [2.24, 2.45) is 0 Å². The van der Waals surface area contributed by atoms with Crippen LogP contribution in [0.2, 0.25) is 0 Å². The molecule has 2 aromatic rings. The molecule has 0 saturated carbocycles. The van der Waals surface area contributed by atoms with Crippen molar-refractivity contribution in [3.63, 3.8) is 0 Å². The topological polar surface area (TPSA) is 24.9 Å². The Morgan fingerprint density at radius 1 is 1.24 bits per heavy atom. The second-order valence-electron chi connectivity index (χ2n) is 6.11. The molecule has 1 aromatic heterocycles. The molecule has 112 valence electrons. The SMILES string of the molecule is CCNC1CCCc2nc(-c3c(C)cc(C)cc3C)sc21. The monoisotopic (exact) mass is 300 g/mol. The maximum absolute atomic E-state index is 4.98. The van der Waals surface area contributed by atoms with E-state index in [1.54, 1.807) is 0 Å². The summed E-state index contributed by atoms with van der Waals surface area (Å²) in [6.07, 6.45) is 3.63. The van der Waals surface area contributed by atoms with E-state index in [9.17, 15) is 0 Å². The number of nitrogens with one attached hydrogen (secondary N) is 1.